The van der Waals surface area contributed by atoms with Gasteiger partial charge in [0.05, 0.1) is 24.4 Å². The predicted octanol–water partition coefficient (Wildman–Crippen LogP) is 6.13. The van der Waals surface area contributed by atoms with Crippen LogP contribution in [0.25, 0.3) is 20.4 Å². The van der Waals surface area contributed by atoms with Crippen LogP contribution >= 0.6 is 11.3 Å². The Morgan fingerprint density at radius 1 is 1.00 bits per heavy atom. The smallest absolute Gasteiger partial charge is 0.160 e. The second-order valence-electron chi connectivity index (χ2n) is 8.87. The monoisotopic (exact) mass is 476 g/mol. The van der Waals surface area contributed by atoms with Gasteiger partial charge in [-0.1, -0.05) is 25.8 Å². The lowest BCUT2D eigenvalue weighted by molar-refractivity contribution is 0.354. The Balaban J connectivity index is 1.42. The average Bonchev–Trinajstić information content (AvgIpc) is 3.49. The van der Waals surface area contributed by atoms with E-state index in [1.54, 1.807) is 31.9 Å². The average molecular weight is 477 g/mol. The van der Waals surface area contributed by atoms with Crippen LogP contribution in [0.3, 0.4) is 0 Å². The standard InChI is InChI=1S/C27H32N4O2S/c1-4-5-6-10-20-18-8-7-9-19(18)23-24-25(34-27(23)31-20)26(30-16-29-24)28-14-13-17-11-12-21(32-2)22(15-17)33-3/h11-12,15-16H,4-10,13-14H2,1-3H3,(H,28,29,30). The Morgan fingerprint density at radius 3 is 2.68 bits per heavy atom. The first-order valence-electron chi connectivity index (χ1n) is 12.3. The molecule has 1 N–H and O–H groups in total. The number of pyridine rings is 1. The van der Waals surface area contributed by atoms with Crippen molar-refractivity contribution in [2.45, 2.75) is 58.3 Å². The summed E-state index contributed by atoms with van der Waals surface area (Å²) in [6.07, 6.45) is 10.8. The molecular weight excluding hydrogens is 444 g/mol. The summed E-state index contributed by atoms with van der Waals surface area (Å²) in [7, 11) is 3.32. The van der Waals surface area contributed by atoms with Crippen LogP contribution in [-0.4, -0.2) is 35.7 Å². The zero-order valence-corrected chi connectivity index (χ0v) is 21.1. The highest BCUT2D eigenvalue weighted by Crippen LogP contribution is 2.41. The number of hydrogen-bond acceptors (Lipinski definition) is 7. The molecule has 0 amide bonds. The molecule has 1 aromatic carbocycles. The molecule has 5 rings (SSSR count). The number of unbranched alkanes of at least 4 members (excludes halogenated alkanes) is 2. The molecular formula is C27H32N4O2S. The first kappa shape index (κ1) is 22.8. The number of methoxy groups -OCH3 is 2. The molecule has 0 radical (unpaired) electrons. The molecule has 3 aromatic heterocycles. The Labute approximate surface area is 204 Å². The molecule has 0 aliphatic heterocycles. The molecule has 0 spiro atoms. The lowest BCUT2D eigenvalue weighted by Crippen LogP contribution is -2.07. The van der Waals surface area contributed by atoms with Crippen LogP contribution in [0.2, 0.25) is 0 Å². The van der Waals surface area contributed by atoms with E-state index < -0.39 is 0 Å². The van der Waals surface area contributed by atoms with E-state index in [4.69, 9.17) is 19.4 Å². The molecule has 1 aliphatic carbocycles. The molecule has 34 heavy (non-hydrogen) atoms. The van der Waals surface area contributed by atoms with Gasteiger partial charge in [0.1, 0.15) is 17.0 Å². The number of ether oxygens (including phenoxy) is 2. The highest BCUT2D eigenvalue weighted by Gasteiger charge is 2.24. The van der Waals surface area contributed by atoms with Crippen LogP contribution in [0.15, 0.2) is 24.5 Å². The number of hydrogen-bond donors (Lipinski definition) is 1. The molecule has 3 heterocycles. The van der Waals surface area contributed by atoms with Gasteiger partial charge < -0.3 is 14.8 Å². The first-order chi connectivity index (χ1) is 16.7. The van der Waals surface area contributed by atoms with E-state index in [9.17, 15) is 0 Å². The number of nitrogens with one attached hydrogen (secondary N) is 1. The van der Waals surface area contributed by atoms with Gasteiger partial charge in [-0.25, -0.2) is 15.0 Å². The number of fused-ring (bicyclic) bond motifs is 5. The highest BCUT2D eigenvalue weighted by molar-refractivity contribution is 7.26. The van der Waals surface area contributed by atoms with Gasteiger partial charge in [-0.2, -0.15) is 0 Å². The summed E-state index contributed by atoms with van der Waals surface area (Å²) in [5, 5.41) is 4.81. The molecule has 4 aromatic rings. The molecule has 6 nitrogen and oxygen atoms in total. The number of benzene rings is 1. The third-order valence-corrected chi connectivity index (χ3v) is 7.81. The van der Waals surface area contributed by atoms with Gasteiger partial charge in [0.25, 0.3) is 0 Å². The van der Waals surface area contributed by atoms with Gasteiger partial charge in [-0.05, 0) is 67.3 Å². The Kier molecular flexibility index (Phi) is 6.81. The number of aromatic nitrogens is 3. The normalized spacial score (nSPS) is 12.9. The SMILES string of the molecule is CCCCCc1nc2sc3c(NCCc4ccc(OC)c(OC)c4)ncnc3c2c2c1CCC2. The molecule has 0 saturated heterocycles. The zero-order chi connectivity index (χ0) is 23.5. The highest BCUT2D eigenvalue weighted by atomic mass is 32.1. The van der Waals surface area contributed by atoms with E-state index in [0.717, 1.165) is 64.6 Å². The predicted molar refractivity (Wildman–Crippen MR) is 140 cm³/mol. The number of nitrogens with zero attached hydrogens (tertiary/aromatic N) is 3. The minimum absolute atomic E-state index is 0.746. The summed E-state index contributed by atoms with van der Waals surface area (Å²) in [4.78, 5) is 15.6. The van der Waals surface area contributed by atoms with Gasteiger partial charge in [0.15, 0.2) is 11.5 Å². The Morgan fingerprint density at radius 2 is 1.85 bits per heavy atom. The van der Waals surface area contributed by atoms with E-state index in [1.165, 1.54) is 53.5 Å². The van der Waals surface area contributed by atoms with Gasteiger partial charge in [-0.15, -0.1) is 11.3 Å². The number of aryl methyl sites for hydroxylation is 2. The van der Waals surface area contributed by atoms with Crippen LogP contribution in [0.5, 0.6) is 11.5 Å². The van der Waals surface area contributed by atoms with Crippen molar-refractivity contribution in [1.29, 1.82) is 0 Å². The second-order valence-corrected chi connectivity index (χ2v) is 9.87. The van der Waals surface area contributed by atoms with Crippen molar-refractivity contribution in [3.63, 3.8) is 0 Å². The van der Waals surface area contributed by atoms with Gasteiger partial charge >= 0.3 is 0 Å². The Bertz CT molecular complexity index is 1320. The van der Waals surface area contributed by atoms with Crippen LogP contribution < -0.4 is 14.8 Å². The molecule has 0 unspecified atom stereocenters. The summed E-state index contributed by atoms with van der Waals surface area (Å²) in [5.74, 6) is 2.40. The fourth-order valence-corrected chi connectivity index (χ4v) is 6.16. The van der Waals surface area contributed by atoms with Crippen LogP contribution in [0.1, 0.15) is 55.0 Å². The fraction of sp³-hybridized carbons (Fsp3) is 0.444. The second kappa shape index (κ2) is 10.1. The molecule has 0 fully saturated rings. The lowest BCUT2D eigenvalue weighted by Gasteiger charge is -2.10. The van der Waals surface area contributed by atoms with Crippen LogP contribution in [0, 0.1) is 0 Å². The van der Waals surface area contributed by atoms with Gasteiger partial charge in [0.2, 0.25) is 0 Å². The quantitative estimate of drug-likeness (QED) is 0.278. The van der Waals surface area contributed by atoms with E-state index in [0.29, 0.717) is 0 Å². The molecule has 0 atom stereocenters. The number of anilines is 1. The van der Waals surface area contributed by atoms with Crippen molar-refractivity contribution in [3.8, 4) is 11.5 Å². The number of thiophene rings is 1. The van der Waals surface area contributed by atoms with Crippen molar-refractivity contribution in [3.05, 3.63) is 46.9 Å². The maximum Gasteiger partial charge on any atom is 0.160 e. The molecule has 7 heteroatoms. The summed E-state index contributed by atoms with van der Waals surface area (Å²) in [6.45, 7) is 3.02. The molecule has 178 valence electrons. The number of rotatable bonds is 10. The molecule has 0 bridgehead atoms. The van der Waals surface area contributed by atoms with Crippen LogP contribution in [-0.2, 0) is 25.7 Å². The minimum Gasteiger partial charge on any atom is -0.493 e. The minimum atomic E-state index is 0.746. The van der Waals surface area contributed by atoms with E-state index in [-0.39, 0.29) is 0 Å². The molecule has 1 aliphatic rings. The van der Waals surface area contributed by atoms with Crippen molar-refractivity contribution < 1.29 is 9.47 Å². The van der Waals surface area contributed by atoms with Crippen LogP contribution in [0.4, 0.5) is 5.82 Å². The largest absolute Gasteiger partial charge is 0.493 e. The zero-order valence-electron chi connectivity index (χ0n) is 20.2. The van der Waals surface area contributed by atoms with Crippen molar-refractivity contribution in [1.82, 2.24) is 15.0 Å². The fourth-order valence-electron chi connectivity index (χ4n) is 5.01. The first-order valence-corrected chi connectivity index (χ1v) is 13.1. The van der Waals surface area contributed by atoms with Crippen molar-refractivity contribution in [2.75, 3.05) is 26.1 Å². The summed E-state index contributed by atoms with van der Waals surface area (Å²) in [6, 6.07) is 6.06. The summed E-state index contributed by atoms with van der Waals surface area (Å²) >= 11 is 1.73. The maximum absolute atomic E-state index is 5.44. The lowest BCUT2D eigenvalue weighted by atomic mass is 10.0. The summed E-state index contributed by atoms with van der Waals surface area (Å²) in [5.41, 5.74) is 6.52. The van der Waals surface area contributed by atoms with Crippen molar-refractivity contribution in [2.24, 2.45) is 0 Å². The van der Waals surface area contributed by atoms with E-state index in [1.807, 2.05) is 12.1 Å². The molecule has 0 saturated carbocycles. The Hall–Kier alpha value is -2.93. The van der Waals surface area contributed by atoms with Gasteiger partial charge in [-0.3, -0.25) is 0 Å². The van der Waals surface area contributed by atoms with Crippen molar-refractivity contribution >= 4 is 37.6 Å². The topological polar surface area (TPSA) is 69.2 Å². The maximum atomic E-state index is 5.44. The summed E-state index contributed by atoms with van der Waals surface area (Å²) < 4.78 is 11.9. The van der Waals surface area contributed by atoms with Gasteiger partial charge in [0, 0.05) is 17.6 Å². The van der Waals surface area contributed by atoms with E-state index in [2.05, 4.69) is 23.3 Å². The van der Waals surface area contributed by atoms with E-state index >= 15 is 0 Å². The third kappa shape index (κ3) is 4.29. The third-order valence-electron chi connectivity index (χ3n) is 6.73.